The van der Waals surface area contributed by atoms with Crippen molar-refractivity contribution in [2.45, 2.75) is 13.5 Å². The van der Waals surface area contributed by atoms with Crippen molar-refractivity contribution in [3.05, 3.63) is 62.1 Å². The van der Waals surface area contributed by atoms with Crippen LogP contribution in [-0.2, 0) is 6.54 Å². The Kier molecular flexibility index (Phi) is 4.19. The number of carbonyl (C=O) groups excluding carboxylic acids is 1. The van der Waals surface area contributed by atoms with Gasteiger partial charge in [-0.15, -0.1) is 11.3 Å². The Morgan fingerprint density at radius 1 is 1.39 bits per heavy atom. The highest BCUT2D eigenvalue weighted by Gasteiger charge is 2.19. The molecule has 0 fully saturated rings. The molecule has 0 saturated carbocycles. The molecule has 0 bridgehead atoms. The highest BCUT2D eigenvalue weighted by molar-refractivity contribution is 7.19. The fourth-order valence-corrected chi connectivity index (χ4v) is 3.84. The molecule has 1 amide bonds. The average Bonchev–Trinajstić information content (AvgIpc) is 2.83. The third kappa shape index (κ3) is 3.00. The molecule has 7 heteroatoms. The maximum absolute atomic E-state index is 12.4. The molecule has 2 heterocycles. The van der Waals surface area contributed by atoms with Gasteiger partial charge in [-0.05, 0) is 13.0 Å². The van der Waals surface area contributed by atoms with Crippen molar-refractivity contribution in [1.29, 1.82) is 0 Å². The lowest BCUT2D eigenvalue weighted by Gasteiger charge is -2.16. The molecule has 0 saturated heterocycles. The van der Waals surface area contributed by atoms with Gasteiger partial charge in [-0.2, -0.15) is 0 Å². The molecule has 1 N–H and O–H groups in total. The lowest BCUT2D eigenvalue weighted by Crippen LogP contribution is -2.31. The maximum Gasteiger partial charge on any atom is 0.263 e. The number of aryl methyl sites for hydroxylation is 1. The molecule has 0 aliphatic carbocycles. The van der Waals surface area contributed by atoms with E-state index < -0.39 is 5.56 Å². The zero-order chi connectivity index (χ0) is 16.6. The molecule has 0 atom stereocenters. The largest absolute Gasteiger partial charge is 0.336 e. The number of carbonyl (C=O) groups is 1. The van der Waals surface area contributed by atoms with Crippen LogP contribution in [0.1, 0.15) is 21.1 Å². The van der Waals surface area contributed by atoms with Gasteiger partial charge in [-0.25, -0.2) is 4.98 Å². The number of H-pyrrole nitrogens is 1. The number of hydrogen-bond donors (Lipinski definition) is 1. The van der Waals surface area contributed by atoms with Crippen molar-refractivity contribution in [3.8, 4) is 0 Å². The van der Waals surface area contributed by atoms with Gasteiger partial charge in [-0.1, -0.05) is 29.8 Å². The van der Waals surface area contributed by atoms with Crippen LogP contribution in [0.5, 0.6) is 0 Å². The van der Waals surface area contributed by atoms with Crippen LogP contribution in [0.25, 0.3) is 10.1 Å². The van der Waals surface area contributed by atoms with Gasteiger partial charge >= 0.3 is 0 Å². The van der Waals surface area contributed by atoms with E-state index >= 15 is 0 Å². The van der Waals surface area contributed by atoms with E-state index in [2.05, 4.69) is 9.97 Å². The van der Waals surface area contributed by atoms with E-state index in [1.165, 1.54) is 11.1 Å². The minimum absolute atomic E-state index is 0.0235. The SMILES string of the molecule is Cc1ncc(C(=O)N(C)Cc2sc3ccccc3c2Cl)c(=O)[nH]1. The van der Waals surface area contributed by atoms with Crippen LogP contribution in [0.2, 0.25) is 5.02 Å². The molecule has 3 aromatic rings. The number of benzene rings is 1. The number of thiophene rings is 1. The second kappa shape index (κ2) is 6.14. The fraction of sp³-hybridized carbons (Fsp3) is 0.188. The van der Waals surface area contributed by atoms with Gasteiger partial charge in [0, 0.05) is 28.2 Å². The number of hydrogen-bond acceptors (Lipinski definition) is 4. The van der Waals surface area contributed by atoms with E-state index in [4.69, 9.17) is 11.6 Å². The van der Waals surface area contributed by atoms with Crippen LogP contribution in [-0.4, -0.2) is 27.8 Å². The fourth-order valence-electron chi connectivity index (χ4n) is 2.30. The van der Waals surface area contributed by atoms with Crippen LogP contribution in [0, 0.1) is 6.92 Å². The summed E-state index contributed by atoms with van der Waals surface area (Å²) in [6.07, 6.45) is 1.31. The third-order valence-electron chi connectivity index (χ3n) is 3.49. The molecule has 0 aliphatic heterocycles. The predicted molar refractivity (Wildman–Crippen MR) is 92.2 cm³/mol. The van der Waals surface area contributed by atoms with E-state index in [1.54, 1.807) is 25.3 Å². The Bertz CT molecular complexity index is 948. The quantitative estimate of drug-likeness (QED) is 0.791. The molecular formula is C16H14ClN3O2S. The minimum atomic E-state index is -0.434. The molecule has 5 nitrogen and oxygen atoms in total. The molecule has 2 aromatic heterocycles. The monoisotopic (exact) mass is 347 g/mol. The van der Waals surface area contributed by atoms with Crippen LogP contribution in [0.4, 0.5) is 0 Å². The Balaban J connectivity index is 1.88. The normalized spacial score (nSPS) is 10.9. The molecule has 1 aromatic carbocycles. The molecule has 3 rings (SSSR count). The predicted octanol–water partition coefficient (Wildman–Crippen LogP) is 3.22. The molecule has 118 valence electrons. The molecule has 23 heavy (non-hydrogen) atoms. The summed E-state index contributed by atoms with van der Waals surface area (Å²) in [7, 11) is 1.64. The zero-order valence-electron chi connectivity index (χ0n) is 12.6. The molecular weight excluding hydrogens is 334 g/mol. The van der Waals surface area contributed by atoms with Gasteiger partial charge in [-0.3, -0.25) is 9.59 Å². The molecule has 0 unspecified atom stereocenters. The van der Waals surface area contributed by atoms with Gasteiger partial charge in [0.25, 0.3) is 11.5 Å². The second-order valence-electron chi connectivity index (χ2n) is 5.21. The van der Waals surface area contributed by atoms with E-state index in [-0.39, 0.29) is 11.5 Å². The summed E-state index contributed by atoms with van der Waals surface area (Å²) in [5.41, 5.74) is -0.410. The highest BCUT2D eigenvalue weighted by Crippen LogP contribution is 2.35. The van der Waals surface area contributed by atoms with E-state index in [1.807, 2.05) is 24.3 Å². The van der Waals surface area contributed by atoms with Crippen LogP contribution in [0.15, 0.2) is 35.3 Å². The Labute approximate surface area is 141 Å². The summed E-state index contributed by atoms with van der Waals surface area (Å²) in [4.78, 5) is 33.2. The Hall–Kier alpha value is -2.18. The van der Waals surface area contributed by atoms with Crippen molar-refractivity contribution in [2.24, 2.45) is 0 Å². The number of amides is 1. The first-order valence-electron chi connectivity index (χ1n) is 6.94. The van der Waals surface area contributed by atoms with Gasteiger partial charge < -0.3 is 9.88 Å². The first kappa shape index (κ1) is 15.7. The lowest BCUT2D eigenvalue weighted by molar-refractivity contribution is 0.0784. The number of aromatic nitrogens is 2. The standard InChI is InChI=1S/C16H14ClN3O2S/c1-9-18-7-11(15(21)19-9)16(22)20(2)8-13-14(17)10-5-3-4-6-12(10)23-13/h3-7H,8H2,1-2H3,(H,18,19,21). The van der Waals surface area contributed by atoms with E-state index in [0.717, 1.165) is 15.0 Å². The van der Waals surface area contributed by atoms with Crippen molar-refractivity contribution in [2.75, 3.05) is 7.05 Å². The summed E-state index contributed by atoms with van der Waals surface area (Å²) >= 11 is 7.94. The first-order chi connectivity index (χ1) is 11.0. The number of fused-ring (bicyclic) bond motifs is 1. The highest BCUT2D eigenvalue weighted by atomic mass is 35.5. The number of rotatable bonds is 3. The summed E-state index contributed by atoms with van der Waals surface area (Å²) in [5, 5.41) is 1.63. The van der Waals surface area contributed by atoms with Crippen molar-refractivity contribution in [3.63, 3.8) is 0 Å². The minimum Gasteiger partial charge on any atom is -0.336 e. The summed E-state index contributed by atoms with van der Waals surface area (Å²) in [6, 6.07) is 7.82. The van der Waals surface area contributed by atoms with Gasteiger partial charge in [0.1, 0.15) is 11.4 Å². The maximum atomic E-state index is 12.4. The summed E-state index contributed by atoms with van der Waals surface area (Å²) in [5.74, 6) is 0.0917. The van der Waals surface area contributed by atoms with Crippen LogP contribution >= 0.6 is 22.9 Å². The number of nitrogens with zero attached hydrogens (tertiary/aromatic N) is 2. The molecule has 0 radical (unpaired) electrons. The molecule has 0 spiro atoms. The summed E-state index contributed by atoms with van der Waals surface area (Å²) < 4.78 is 1.07. The lowest BCUT2D eigenvalue weighted by atomic mass is 10.2. The van der Waals surface area contributed by atoms with Crippen LogP contribution < -0.4 is 5.56 Å². The molecule has 0 aliphatic rings. The van der Waals surface area contributed by atoms with Gasteiger partial charge in [0.15, 0.2) is 0 Å². The Morgan fingerprint density at radius 2 is 2.13 bits per heavy atom. The van der Waals surface area contributed by atoms with Gasteiger partial charge in [0.2, 0.25) is 0 Å². The Morgan fingerprint density at radius 3 is 2.83 bits per heavy atom. The first-order valence-corrected chi connectivity index (χ1v) is 8.14. The van der Waals surface area contributed by atoms with Crippen molar-refractivity contribution in [1.82, 2.24) is 14.9 Å². The number of aromatic amines is 1. The average molecular weight is 348 g/mol. The van der Waals surface area contributed by atoms with Crippen molar-refractivity contribution < 1.29 is 4.79 Å². The smallest absolute Gasteiger partial charge is 0.263 e. The van der Waals surface area contributed by atoms with Crippen molar-refractivity contribution >= 4 is 38.9 Å². The third-order valence-corrected chi connectivity index (χ3v) is 5.19. The number of halogens is 1. The number of nitrogens with one attached hydrogen (secondary N) is 1. The topological polar surface area (TPSA) is 66.1 Å². The second-order valence-corrected chi connectivity index (χ2v) is 6.72. The van der Waals surface area contributed by atoms with E-state index in [9.17, 15) is 9.59 Å². The van der Waals surface area contributed by atoms with Gasteiger partial charge in [0.05, 0.1) is 11.6 Å². The zero-order valence-corrected chi connectivity index (χ0v) is 14.2. The van der Waals surface area contributed by atoms with Crippen LogP contribution in [0.3, 0.4) is 0 Å². The summed E-state index contributed by atoms with van der Waals surface area (Å²) in [6.45, 7) is 2.00. The van der Waals surface area contributed by atoms with E-state index in [0.29, 0.717) is 17.4 Å².